The van der Waals surface area contributed by atoms with Gasteiger partial charge in [-0.25, -0.2) is 0 Å². The van der Waals surface area contributed by atoms with Crippen molar-refractivity contribution in [2.24, 2.45) is 0 Å². The summed E-state index contributed by atoms with van der Waals surface area (Å²) in [7, 11) is 0. The quantitative estimate of drug-likeness (QED) is 0.863. The number of nitrogens with one attached hydrogen (secondary N) is 1. The Morgan fingerprint density at radius 2 is 2.30 bits per heavy atom. The van der Waals surface area contributed by atoms with Crippen LogP contribution in [0.3, 0.4) is 0 Å². The Hall–Kier alpha value is -1.87. The van der Waals surface area contributed by atoms with Crippen LogP contribution in [0, 0.1) is 6.92 Å². The van der Waals surface area contributed by atoms with Crippen LogP contribution < -0.4 is 5.32 Å². The molecule has 3 nitrogen and oxygen atoms in total. The second kappa shape index (κ2) is 6.06. The molecule has 1 aliphatic rings. The smallest absolute Gasteiger partial charge is 0.253 e. The van der Waals surface area contributed by atoms with Crippen molar-refractivity contribution in [1.82, 2.24) is 10.3 Å². The molecule has 0 aliphatic carbocycles. The molecule has 2 heterocycles. The van der Waals surface area contributed by atoms with Crippen LogP contribution in [0.5, 0.6) is 0 Å². The molecule has 0 bridgehead atoms. The molecule has 1 aromatic rings. The minimum absolute atomic E-state index is 0.0412. The van der Waals surface area contributed by atoms with Gasteiger partial charge in [0.2, 0.25) is 0 Å². The van der Waals surface area contributed by atoms with Crippen LogP contribution >= 0.6 is 11.6 Å². The fourth-order valence-corrected chi connectivity index (χ4v) is 2.20. The Balaban J connectivity index is 2.27. The second-order valence-corrected chi connectivity index (χ2v) is 5.22. The topological polar surface area (TPSA) is 42.0 Å². The van der Waals surface area contributed by atoms with E-state index in [-0.39, 0.29) is 5.91 Å². The lowest BCUT2D eigenvalue weighted by atomic mass is 10.0. The molecular formula is C16H17ClN2O. The summed E-state index contributed by atoms with van der Waals surface area (Å²) < 4.78 is 0. The summed E-state index contributed by atoms with van der Waals surface area (Å²) in [6.45, 7) is 8.09. The molecule has 1 aliphatic heterocycles. The van der Waals surface area contributed by atoms with Gasteiger partial charge in [-0.3, -0.25) is 9.78 Å². The van der Waals surface area contributed by atoms with Gasteiger partial charge in [-0.1, -0.05) is 30.3 Å². The predicted molar refractivity (Wildman–Crippen MR) is 81.7 cm³/mol. The molecular weight excluding hydrogens is 272 g/mol. The lowest BCUT2D eigenvalue weighted by molar-refractivity contribution is 0.0965. The maximum Gasteiger partial charge on any atom is 0.253 e. The molecule has 0 spiro atoms. The van der Waals surface area contributed by atoms with Crippen LogP contribution in [0.1, 0.15) is 34.2 Å². The van der Waals surface area contributed by atoms with Gasteiger partial charge in [-0.15, -0.1) is 0 Å². The normalized spacial score (nSPS) is 14.6. The molecule has 0 radical (unpaired) electrons. The zero-order chi connectivity index (χ0) is 14.7. The lowest BCUT2D eigenvalue weighted by Gasteiger charge is -2.08. The number of carbonyl (C=O) groups excluding carboxylic acids is 1. The minimum Gasteiger partial charge on any atom is -0.346 e. The maximum atomic E-state index is 11.7. The van der Waals surface area contributed by atoms with E-state index in [1.54, 1.807) is 6.08 Å². The molecule has 1 N–H and O–H groups in total. The number of aromatic nitrogens is 1. The third kappa shape index (κ3) is 3.17. The number of halogens is 1. The molecule has 0 saturated carbocycles. The Morgan fingerprint density at radius 3 is 2.95 bits per heavy atom. The van der Waals surface area contributed by atoms with Crippen molar-refractivity contribution < 1.29 is 4.79 Å². The Kier molecular flexibility index (Phi) is 4.40. The van der Waals surface area contributed by atoms with Crippen LogP contribution in [0.2, 0.25) is 0 Å². The molecule has 2 rings (SSSR count). The first-order valence-corrected chi connectivity index (χ1v) is 6.84. The SMILES string of the molecule is C=C(Cl)/C=C\C(=C/C)Cc1cc2c(nc1C)CNC2=O. The van der Waals surface area contributed by atoms with Gasteiger partial charge in [0.1, 0.15) is 0 Å². The Morgan fingerprint density at radius 1 is 1.55 bits per heavy atom. The van der Waals surface area contributed by atoms with Crippen molar-refractivity contribution in [1.29, 1.82) is 0 Å². The lowest BCUT2D eigenvalue weighted by Crippen LogP contribution is -2.12. The summed E-state index contributed by atoms with van der Waals surface area (Å²) in [6.07, 6.45) is 6.43. The van der Waals surface area contributed by atoms with Crippen LogP contribution in [-0.4, -0.2) is 10.9 Å². The predicted octanol–water partition coefficient (Wildman–Crippen LogP) is 3.43. The number of amides is 1. The summed E-state index contributed by atoms with van der Waals surface area (Å²) in [5.41, 5.74) is 4.64. The van der Waals surface area contributed by atoms with E-state index in [2.05, 4.69) is 16.9 Å². The summed E-state index contributed by atoms with van der Waals surface area (Å²) >= 11 is 5.74. The molecule has 1 aromatic heterocycles. The van der Waals surface area contributed by atoms with E-state index in [1.165, 1.54) is 0 Å². The van der Waals surface area contributed by atoms with E-state index in [0.29, 0.717) is 17.1 Å². The zero-order valence-corrected chi connectivity index (χ0v) is 12.4. The van der Waals surface area contributed by atoms with Gasteiger partial charge in [-0.05, 0) is 43.5 Å². The number of allylic oxidation sites excluding steroid dienone is 5. The third-order valence-electron chi connectivity index (χ3n) is 3.30. The molecule has 1 amide bonds. The number of hydrogen-bond donors (Lipinski definition) is 1. The summed E-state index contributed by atoms with van der Waals surface area (Å²) in [6, 6.07) is 1.94. The molecule has 0 fully saturated rings. The average Bonchev–Trinajstić information content (AvgIpc) is 2.75. The number of pyridine rings is 1. The highest BCUT2D eigenvalue weighted by Gasteiger charge is 2.21. The van der Waals surface area contributed by atoms with Gasteiger partial charge in [0.25, 0.3) is 5.91 Å². The molecule has 4 heteroatoms. The highest BCUT2D eigenvalue weighted by molar-refractivity contribution is 6.30. The van der Waals surface area contributed by atoms with Gasteiger partial charge in [0, 0.05) is 10.7 Å². The van der Waals surface area contributed by atoms with Gasteiger partial charge in [-0.2, -0.15) is 0 Å². The van der Waals surface area contributed by atoms with E-state index in [4.69, 9.17) is 11.6 Å². The summed E-state index contributed by atoms with van der Waals surface area (Å²) in [4.78, 5) is 16.2. The third-order valence-corrected chi connectivity index (χ3v) is 3.43. The standard InChI is InChI=1S/C16H17ClN2O/c1-4-12(6-5-10(2)17)7-13-8-14-15(19-11(13)3)9-18-16(14)20/h4-6,8H,2,7,9H2,1,3H3,(H,18,20)/b6-5-,12-4+. The van der Waals surface area contributed by atoms with Gasteiger partial charge in [0.15, 0.2) is 0 Å². The van der Waals surface area contributed by atoms with Crippen LogP contribution in [0.4, 0.5) is 0 Å². The number of hydrogen-bond acceptors (Lipinski definition) is 2. The van der Waals surface area contributed by atoms with Crippen LogP contribution in [0.25, 0.3) is 0 Å². The number of carbonyl (C=O) groups is 1. The van der Waals surface area contributed by atoms with Gasteiger partial charge in [0.05, 0.1) is 17.8 Å². The van der Waals surface area contributed by atoms with E-state index in [9.17, 15) is 4.79 Å². The maximum absolute atomic E-state index is 11.7. The van der Waals surface area contributed by atoms with Crippen LogP contribution in [-0.2, 0) is 13.0 Å². The largest absolute Gasteiger partial charge is 0.346 e. The van der Waals surface area contributed by atoms with E-state index in [1.807, 2.05) is 32.1 Å². The van der Waals surface area contributed by atoms with Crippen molar-refractivity contribution in [2.75, 3.05) is 0 Å². The summed E-state index contributed by atoms with van der Waals surface area (Å²) in [5, 5.41) is 3.28. The number of rotatable bonds is 4. The monoisotopic (exact) mass is 288 g/mol. The molecule has 0 aromatic carbocycles. The second-order valence-electron chi connectivity index (χ2n) is 4.73. The highest BCUT2D eigenvalue weighted by atomic mass is 35.5. The van der Waals surface area contributed by atoms with Crippen molar-refractivity contribution in [3.05, 3.63) is 64.0 Å². The number of aryl methyl sites for hydroxylation is 1. The Bertz CT molecular complexity index is 630. The van der Waals surface area contributed by atoms with Crippen molar-refractivity contribution in [3.8, 4) is 0 Å². The zero-order valence-electron chi connectivity index (χ0n) is 11.7. The molecule has 0 saturated heterocycles. The van der Waals surface area contributed by atoms with E-state index >= 15 is 0 Å². The Labute approximate surface area is 124 Å². The van der Waals surface area contributed by atoms with Gasteiger partial charge < -0.3 is 5.32 Å². The molecule has 0 atom stereocenters. The highest BCUT2D eigenvalue weighted by Crippen LogP contribution is 2.20. The average molecular weight is 289 g/mol. The number of fused-ring (bicyclic) bond motifs is 1. The van der Waals surface area contributed by atoms with Crippen molar-refractivity contribution >= 4 is 17.5 Å². The van der Waals surface area contributed by atoms with E-state index in [0.717, 1.165) is 28.9 Å². The molecule has 20 heavy (non-hydrogen) atoms. The van der Waals surface area contributed by atoms with Crippen molar-refractivity contribution in [2.45, 2.75) is 26.8 Å². The van der Waals surface area contributed by atoms with E-state index < -0.39 is 0 Å². The first-order valence-electron chi connectivity index (χ1n) is 6.46. The number of nitrogens with zero attached hydrogens (tertiary/aromatic N) is 1. The molecule has 104 valence electrons. The minimum atomic E-state index is -0.0412. The fraction of sp³-hybridized carbons (Fsp3) is 0.250. The van der Waals surface area contributed by atoms with Crippen molar-refractivity contribution in [3.63, 3.8) is 0 Å². The fourth-order valence-electron chi connectivity index (χ4n) is 2.14. The van der Waals surface area contributed by atoms with Gasteiger partial charge >= 0.3 is 0 Å². The molecule has 0 unspecified atom stereocenters. The first kappa shape index (κ1) is 14.5. The first-order chi connectivity index (χ1) is 9.51. The summed E-state index contributed by atoms with van der Waals surface area (Å²) in [5.74, 6) is -0.0412. The van der Waals surface area contributed by atoms with Crippen LogP contribution in [0.15, 0.2) is 41.5 Å².